The number of aryl methyl sites for hydroxylation is 1. The van der Waals surface area contributed by atoms with Crippen molar-refractivity contribution >= 4 is 0 Å². The summed E-state index contributed by atoms with van der Waals surface area (Å²) >= 11 is 0. The van der Waals surface area contributed by atoms with Gasteiger partial charge in [-0.05, 0) is 26.5 Å². The second kappa shape index (κ2) is 6.62. The quantitative estimate of drug-likeness (QED) is 0.824. The molecule has 96 valence electrons. The zero-order chi connectivity index (χ0) is 12.8. The molecule has 17 heavy (non-hydrogen) atoms. The Bertz CT molecular complexity index is 352. The van der Waals surface area contributed by atoms with E-state index in [0.29, 0.717) is 12.6 Å². The molecule has 0 fully saturated rings. The van der Waals surface area contributed by atoms with Crippen LogP contribution in [0.3, 0.4) is 0 Å². The summed E-state index contributed by atoms with van der Waals surface area (Å²) in [6, 6.07) is 6.65. The molecule has 0 aliphatic rings. The highest BCUT2D eigenvalue weighted by atomic mass is 16.5. The molecule has 0 aromatic heterocycles. The predicted molar refractivity (Wildman–Crippen MR) is 72.4 cm³/mol. The summed E-state index contributed by atoms with van der Waals surface area (Å²) in [5, 5.41) is 0. The van der Waals surface area contributed by atoms with Gasteiger partial charge in [-0.1, -0.05) is 24.6 Å². The van der Waals surface area contributed by atoms with Gasteiger partial charge in [-0.3, -0.25) is 4.90 Å². The molecule has 0 spiro atoms. The molecule has 0 aliphatic heterocycles. The predicted octanol–water partition coefficient (Wildman–Crippen LogP) is 2.35. The number of nitrogens with two attached hydrogens (primary N) is 1. The molecule has 2 N–H and O–H groups in total. The normalized spacial score (nSPS) is 12.8. The van der Waals surface area contributed by atoms with E-state index in [0.717, 1.165) is 18.8 Å². The van der Waals surface area contributed by atoms with Crippen LogP contribution in [0.25, 0.3) is 0 Å². The number of rotatable bonds is 6. The summed E-state index contributed by atoms with van der Waals surface area (Å²) < 4.78 is 5.44. The molecule has 0 aliphatic carbocycles. The number of hydrogen-bond acceptors (Lipinski definition) is 3. The van der Waals surface area contributed by atoms with E-state index in [2.05, 4.69) is 37.8 Å². The molecule has 3 heteroatoms. The molecule has 0 saturated carbocycles. The first-order chi connectivity index (χ1) is 8.13. The van der Waals surface area contributed by atoms with E-state index in [9.17, 15) is 0 Å². The maximum absolute atomic E-state index is 5.65. The van der Waals surface area contributed by atoms with Crippen molar-refractivity contribution in [3.8, 4) is 5.75 Å². The molecule has 1 aromatic carbocycles. The lowest BCUT2D eigenvalue weighted by Crippen LogP contribution is -2.32. The van der Waals surface area contributed by atoms with Crippen LogP contribution in [0.15, 0.2) is 18.2 Å². The largest absolute Gasteiger partial charge is 0.496 e. The third-order valence-corrected chi connectivity index (χ3v) is 3.21. The zero-order valence-electron chi connectivity index (χ0n) is 11.4. The molecule has 1 atom stereocenters. The van der Waals surface area contributed by atoms with Crippen LogP contribution in [0, 0.1) is 6.92 Å². The van der Waals surface area contributed by atoms with Gasteiger partial charge in [0.15, 0.2) is 0 Å². The van der Waals surface area contributed by atoms with Gasteiger partial charge in [0.05, 0.1) is 7.11 Å². The van der Waals surface area contributed by atoms with E-state index in [1.807, 2.05) is 6.07 Å². The van der Waals surface area contributed by atoms with Crippen LogP contribution in [0.5, 0.6) is 5.75 Å². The van der Waals surface area contributed by atoms with Crippen LogP contribution in [0.2, 0.25) is 0 Å². The van der Waals surface area contributed by atoms with Gasteiger partial charge in [-0.2, -0.15) is 0 Å². The Morgan fingerprint density at radius 2 is 2.12 bits per heavy atom. The van der Waals surface area contributed by atoms with Crippen LogP contribution in [0.4, 0.5) is 0 Å². The monoisotopic (exact) mass is 236 g/mol. The molecular formula is C14H24N2O. The number of likely N-dealkylation sites (N-methyl/N-ethyl adjacent to an activating group) is 1. The molecule has 3 nitrogen and oxygen atoms in total. The third kappa shape index (κ3) is 3.45. The highest BCUT2D eigenvalue weighted by Gasteiger charge is 2.17. The standard InChI is InChI=1S/C14H24N2O/c1-5-16(9-8-15)12(3)13-10-11(2)6-7-14(13)17-4/h6-7,10,12H,5,8-9,15H2,1-4H3. The lowest BCUT2D eigenvalue weighted by Gasteiger charge is -2.28. The van der Waals surface area contributed by atoms with Crippen LogP contribution in [-0.4, -0.2) is 31.6 Å². The molecule has 1 rings (SSSR count). The summed E-state index contributed by atoms with van der Waals surface area (Å²) in [6.07, 6.45) is 0. The minimum absolute atomic E-state index is 0.332. The van der Waals surface area contributed by atoms with Crippen molar-refractivity contribution in [2.24, 2.45) is 5.73 Å². The van der Waals surface area contributed by atoms with Crippen molar-refractivity contribution in [3.05, 3.63) is 29.3 Å². The van der Waals surface area contributed by atoms with Crippen LogP contribution in [-0.2, 0) is 0 Å². The molecule has 1 unspecified atom stereocenters. The second-order valence-electron chi connectivity index (χ2n) is 4.34. The molecular weight excluding hydrogens is 212 g/mol. The highest BCUT2D eigenvalue weighted by Crippen LogP contribution is 2.29. The first-order valence-electron chi connectivity index (χ1n) is 6.22. The van der Waals surface area contributed by atoms with Crippen molar-refractivity contribution in [1.29, 1.82) is 0 Å². The number of benzene rings is 1. The van der Waals surface area contributed by atoms with E-state index in [4.69, 9.17) is 10.5 Å². The summed E-state index contributed by atoms with van der Waals surface area (Å²) in [5.74, 6) is 0.957. The van der Waals surface area contributed by atoms with Gasteiger partial charge in [0.25, 0.3) is 0 Å². The van der Waals surface area contributed by atoms with Gasteiger partial charge in [0, 0.05) is 24.7 Å². The smallest absolute Gasteiger partial charge is 0.123 e. The van der Waals surface area contributed by atoms with Gasteiger partial charge in [-0.25, -0.2) is 0 Å². The van der Waals surface area contributed by atoms with E-state index in [1.165, 1.54) is 11.1 Å². The van der Waals surface area contributed by atoms with Crippen LogP contribution in [0.1, 0.15) is 31.0 Å². The molecule has 0 amide bonds. The van der Waals surface area contributed by atoms with Crippen molar-refractivity contribution in [3.63, 3.8) is 0 Å². The van der Waals surface area contributed by atoms with E-state index in [-0.39, 0.29) is 0 Å². The van der Waals surface area contributed by atoms with Gasteiger partial charge >= 0.3 is 0 Å². The number of ether oxygens (including phenoxy) is 1. The van der Waals surface area contributed by atoms with E-state index < -0.39 is 0 Å². The molecule has 0 saturated heterocycles. The Balaban J connectivity index is 2.99. The first kappa shape index (κ1) is 14.0. The number of methoxy groups -OCH3 is 1. The first-order valence-corrected chi connectivity index (χ1v) is 6.22. The maximum atomic E-state index is 5.65. The minimum Gasteiger partial charge on any atom is -0.496 e. The van der Waals surface area contributed by atoms with Crippen molar-refractivity contribution < 1.29 is 4.74 Å². The Kier molecular flexibility index (Phi) is 5.45. The summed E-state index contributed by atoms with van der Waals surface area (Å²) in [5.41, 5.74) is 8.15. The van der Waals surface area contributed by atoms with Crippen molar-refractivity contribution in [2.75, 3.05) is 26.7 Å². The average molecular weight is 236 g/mol. The fourth-order valence-corrected chi connectivity index (χ4v) is 2.17. The van der Waals surface area contributed by atoms with Crippen LogP contribution >= 0.6 is 0 Å². The van der Waals surface area contributed by atoms with E-state index >= 15 is 0 Å². The van der Waals surface area contributed by atoms with Gasteiger partial charge in [0.2, 0.25) is 0 Å². The Hall–Kier alpha value is -1.06. The SMILES string of the molecule is CCN(CCN)C(C)c1cc(C)ccc1OC. The van der Waals surface area contributed by atoms with Gasteiger partial charge in [0.1, 0.15) is 5.75 Å². The zero-order valence-corrected chi connectivity index (χ0v) is 11.4. The summed E-state index contributed by atoms with van der Waals surface area (Å²) in [7, 11) is 1.72. The number of hydrogen-bond donors (Lipinski definition) is 1. The maximum Gasteiger partial charge on any atom is 0.123 e. The molecule has 0 radical (unpaired) electrons. The Morgan fingerprint density at radius 1 is 1.41 bits per heavy atom. The van der Waals surface area contributed by atoms with Gasteiger partial charge < -0.3 is 10.5 Å². The van der Waals surface area contributed by atoms with Crippen molar-refractivity contribution in [2.45, 2.75) is 26.8 Å². The number of nitrogens with zero attached hydrogens (tertiary/aromatic N) is 1. The fraction of sp³-hybridized carbons (Fsp3) is 0.571. The molecule has 0 heterocycles. The average Bonchev–Trinajstić information content (AvgIpc) is 2.35. The Morgan fingerprint density at radius 3 is 2.65 bits per heavy atom. The third-order valence-electron chi connectivity index (χ3n) is 3.21. The van der Waals surface area contributed by atoms with Crippen molar-refractivity contribution in [1.82, 2.24) is 4.90 Å². The van der Waals surface area contributed by atoms with Gasteiger partial charge in [-0.15, -0.1) is 0 Å². The highest BCUT2D eigenvalue weighted by molar-refractivity contribution is 5.38. The second-order valence-corrected chi connectivity index (χ2v) is 4.34. The van der Waals surface area contributed by atoms with Crippen LogP contribution < -0.4 is 10.5 Å². The Labute approximate surface area is 105 Å². The fourth-order valence-electron chi connectivity index (χ4n) is 2.17. The minimum atomic E-state index is 0.332. The molecule has 0 bridgehead atoms. The summed E-state index contributed by atoms with van der Waals surface area (Å²) in [6.45, 7) is 9.07. The lowest BCUT2D eigenvalue weighted by molar-refractivity contribution is 0.224. The summed E-state index contributed by atoms with van der Waals surface area (Å²) in [4.78, 5) is 2.36. The topological polar surface area (TPSA) is 38.5 Å². The van der Waals surface area contributed by atoms with E-state index in [1.54, 1.807) is 7.11 Å². The lowest BCUT2D eigenvalue weighted by atomic mass is 10.0. The molecule has 1 aromatic rings.